The van der Waals surface area contributed by atoms with Gasteiger partial charge in [-0.15, -0.1) is 0 Å². The van der Waals surface area contributed by atoms with Crippen LogP contribution in [-0.4, -0.2) is 11.2 Å². The van der Waals surface area contributed by atoms with Crippen molar-refractivity contribution in [1.29, 1.82) is 0 Å². The average Bonchev–Trinajstić information content (AvgIpc) is 2.08. The van der Waals surface area contributed by atoms with Crippen LogP contribution in [0.1, 0.15) is 24.5 Å². The molecule has 0 aromatic heterocycles. The number of aliphatic hydroxyl groups excluding tert-OH is 1. The van der Waals surface area contributed by atoms with Crippen molar-refractivity contribution < 1.29 is 5.11 Å². The molecule has 1 aromatic rings. The minimum atomic E-state index is -0.337. The molecular weight excluding hydrogens is 160 g/mol. The molecule has 0 fully saturated rings. The van der Waals surface area contributed by atoms with Crippen molar-refractivity contribution in [3.05, 3.63) is 35.4 Å². The molecule has 0 aliphatic carbocycles. The normalized spacial score (nSPS) is 11.6. The Morgan fingerprint density at radius 3 is 2.69 bits per heavy atom. The largest absolute Gasteiger partial charge is 0.392 e. The van der Waals surface area contributed by atoms with Crippen LogP contribution >= 0.6 is 0 Å². The third-order valence-corrected chi connectivity index (χ3v) is 1.77. The van der Waals surface area contributed by atoms with Crippen molar-refractivity contribution in [2.75, 3.05) is 0 Å². The molecule has 1 atom stereocenters. The molecule has 0 amide bonds. The molecule has 0 bridgehead atoms. The second-order valence-electron chi connectivity index (χ2n) is 3.17. The Bertz CT molecular complexity index is 328. The SMILES string of the molecule is Cc1ccccc1C#CCC(C)O. The summed E-state index contributed by atoms with van der Waals surface area (Å²) in [5.41, 5.74) is 2.23. The van der Waals surface area contributed by atoms with Gasteiger partial charge in [0.15, 0.2) is 0 Å². The maximum atomic E-state index is 9.00. The second-order valence-corrected chi connectivity index (χ2v) is 3.17. The van der Waals surface area contributed by atoms with Crippen molar-refractivity contribution in [2.24, 2.45) is 0 Å². The predicted octanol–water partition coefficient (Wildman–Crippen LogP) is 2.12. The van der Waals surface area contributed by atoms with Gasteiger partial charge in [0, 0.05) is 12.0 Å². The van der Waals surface area contributed by atoms with Crippen LogP contribution in [0.2, 0.25) is 0 Å². The summed E-state index contributed by atoms with van der Waals surface area (Å²) >= 11 is 0. The summed E-state index contributed by atoms with van der Waals surface area (Å²) < 4.78 is 0. The van der Waals surface area contributed by atoms with Crippen LogP contribution in [0.5, 0.6) is 0 Å². The fraction of sp³-hybridized carbons (Fsp3) is 0.333. The first-order valence-corrected chi connectivity index (χ1v) is 4.42. The van der Waals surface area contributed by atoms with Crippen LogP contribution < -0.4 is 0 Å². The van der Waals surface area contributed by atoms with Crippen molar-refractivity contribution in [2.45, 2.75) is 26.4 Å². The van der Waals surface area contributed by atoms with Crippen molar-refractivity contribution in [3.8, 4) is 11.8 Å². The highest BCUT2D eigenvalue weighted by molar-refractivity contribution is 5.40. The summed E-state index contributed by atoms with van der Waals surface area (Å²) in [4.78, 5) is 0. The van der Waals surface area contributed by atoms with Gasteiger partial charge >= 0.3 is 0 Å². The molecule has 1 aromatic carbocycles. The first-order valence-electron chi connectivity index (χ1n) is 4.42. The molecule has 1 unspecified atom stereocenters. The minimum Gasteiger partial charge on any atom is -0.392 e. The third-order valence-electron chi connectivity index (χ3n) is 1.77. The highest BCUT2D eigenvalue weighted by Gasteiger charge is 1.91. The van der Waals surface area contributed by atoms with Gasteiger partial charge in [0.1, 0.15) is 0 Å². The number of rotatable bonds is 1. The molecular formula is C12H14O. The smallest absolute Gasteiger partial charge is 0.0621 e. The van der Waals surface area contributed by atoms with E-state index >= 15 is 0 Å². The standard InChI is InChI=1S/C12H14O/c1-10-6-3-4-8-12(10)9-5-7-11(2)13/h3-4,6,8,11,13H,7H2,1-2H3. The molecule has 1 N–H and O–H groups in total. The van der Waals surface area contributed by atoms with E-state index in [2.05, 4.69) is 11.8 Å². The lowest BCUT2D eigenvalue weighted by molar-refractivity contribution is 0.201. The van der Waals surface area contributed by atoms with E-state index in [9.17, 15) is 0 Å². The van der Waals surface area contributed by atoms with E-state index in [0.717, 1.165) is 5.56 Å². The number of aliphatic hydroxyl groups is 1. The Morgan fingerprint density at radius 1 is 1.38 bits per heavy atom. The summed E-state index contributed by atoms with van der Waals surface area (Å²) in [7, 11) is 0. The average molecular weight is 174 g/mol. The van der Waals surface area contributed by atoms with E-state index in [1.807, 2.05) is 31.2 Å². The highest BCUT2D eigenvalue weighted by atomic mass is 16.3. The van der Waals surface area contributed by atoms with E-state index in [0.29, 0.717) is 6.42 Å². The van der Waals surface area contributed by atoms with E-state index in [4.69, 9.17) is 5.11 Å². The van der Waals surface area contributed by atoms with Gasteiger partial charge in [-0.3, -0.25) is 0 Å². The lowest BCUT2D eigenvalue weighted by atomic mass is 10.1. The number of benzene rings is 1. The van der Waals surface area contributed by atoms with Gasteiger partial charge in [0.25, 0.3) is 0 Å². The molecule has 0 saturated carbocycles. The molecule has 1 heteroatoms. The predicted molar refractivity (Wildman–Crippen MR) is 54.4 cm³/mol. The monoisotopic (exact) mass is 174 g/mol. The fourth-order valence-corrected chi connectivity index (χ4v) is 1.01. The van der Waals surface area contributed by atoms with Crippen molar-refractivity contribution >= 4 is 0 Å². The zero-order valence-electron chi connectivity index (χ0n) is 8.04. The number of hydrogen-bond acceptors (Lipinski definition) is 1. The zero-order chi connectivity index (χ0) is 9.68. The molecule has 0 aliphatic heterocycles. The van der Waals surface area contributed by atoms with Gasteiger partial charge in [-0.05, 0) is 25.5 Å². The molecule has 0 aliphatic rings. The van der Waals surface area contributed by atoms with Crippen LogP contribution in [0.3, 0.4) is 0 Å². The summed E-state index contributed by atoms with van der Waals surface area (Å²) in [5.74, 6) is 5.98. The Balaban J connectivity index is 2.72. The zero-order valence-corrected chi connectivity index (χ0v) is 8.04. The lowest BCUT2D eigenvalue weighted by Crippen LogP contribution is -1.95. The van der Waals surface area contributed by atoms with E-state index in [-0.39, 0.29) is 6.10 Å². The molecule has 68 valence electrons. The summed E-state index contributed by atoms with van der Waals surface area (Å²) in [6.45, 7) is 3.78. The lowest BCUT2D eigenvalue weighted by Gasteiger charge is -1.96. The first kappa shape index (κ1) is 9.83. The van der Waals surface area contributed by atoms with Gasteiger partial charge in [-0.25, -0.2) is 0 Å². The van der Waals surface area contributed by atoms with Crippen LogP contribution in [0.25, 0.3) is 0 Å². The number of hydrogen-bond donors (Lipinski definition) is 1. The van der Waals surface area contributed by atoms with Gasteiger partial charge in [0.05, 0.1) is 6.10 Å². The Hall–Kier alpha value is -1.26. The third kappa shape index (κ3) is 3.31. The topological polar surface area (TPSA) is 20.2 Å². The number of aryl methyl sites for hydroxylation is 1. The Labute approximate surface area is 79.4 Å². The van der Waals surface area contributed by atoms with E-state index in [1.54, 1.807) is 6.92 Å². The van der Waals surface area contributed by atoms with Gasteiger partial charge < -0.3 is 5.11 Å². The van der Waals surface area contributed by atoms with Gasteiger partial charge in [0.2, 0.25) is 0 Å². The van der Waals surface area contributed by atoms with E-state index < -0.39 is 0 Å². The molecule has 1 nitrogen and oxygen atoms in total. The summed E-state index contributed by atoms with van der Waals surface area (Å²) in [5, 5.41) is 9.00. The Kier molecular flexibility index (Phi) is 3.54. The highest BCUT2D eigenvalue weighted by Crippen LogP contribution is 2.04. The molecule has 13 heavy (non-hydrogen) atoms. The molecule has 0 radical (unpaired) electrons. The van der Waals surface area contributed by atoms with Crippen molar-refractivity contribution in [1.82, 2.24) is 0 Å². The van der Waals surface area contributed by atoms with E-state index in [1.165, 1.54) is 5.56 Å². The fourth-order valence-electron chi connectivity index (χ4n) is 1.01. The van der Waals surface area contributed by atoms with Gasteiger partial charge in [-0.1, -0.05) is 30.0 Å². The van der Waals surface area contributed by atoms with Crippen LogP contribution in [0.4, 0.5) is 0 Å². The maximum absolute atomic E-state index is 9.00. The molecule has 0 heterocycles. The van der Waals surface area contributed by atoms with Crippen molar-refractivity contribution in [3.63, 3.8) is 0 Å². The molecule has 1 rings (SSSR count). The Morgan fingerprint density at radius 2 is 2.08 bits per heavy atom. The summed E-state index contributed by atoms with van der Waals surface area (Å²) in [6.07, 6.45) is 0.199. The van der Waals surface area contributed by atoms with Crippen LogP contribution in [-0.2, 0) is 0 Å². The quantitative estimate of drug-likeness (QED) is 0.646. The summed E-state index contributed by atoms with van der Waals surface area (Å²) in [6, 6.07) is 7.99. The molecule has 0 saturated heterocycles. The van der Waals surface area contributed by atoms with Crippen LogP contribution in [0, 0.1) is 18.8 Å². The van der Waals surface area contributed by atoms with Crippen LogP contribution in [0.15, 0.2) is 24.3 Å². The maximum Gasteiger partial charge on any atom is 0.0621 e. The first-order chi connectivity index (χ1) is 6.20. The minimum absolute atomic E-state index is 0.337. The molecule has 0 spiro atoms. The second kappa shape index (κ2) is 4.69. The van der Waals surface area contributed by atoms with Gasteiger partial charge in [-0.2, -0.15) is 0 Å².